The van der Waals surface area contributed by atoms with E-state index >= 15 is 0 Å². The second kappa shape index (κ2) is 24.1. The first-order chi connectivity index (χ1) is 29.5. The van der Waals surface area contributed by atoms with Gasteiger partial charge in [-0.25, -0.2) is 19.2 Å². The van der Waals surface area contributed by atoms with Crippen LogP contribution >= 0.6 is 0 Å². The number of esters is 3. The van der Waals surface area contributed by atoms with Crippen LogP contribution in [0.5, 0.6) is 0 Å². The number of hydrogen-bond acceptors (Lipinski definition) is 11. The Kier molecular flexibility index (Phi) is 19.6. The number of nitrogens with one attached hydrogen (secondary N) is 4. The standard InChI is InChI=1S/C47H68N6O10/c1-11-32-20-22-34(23-21-32)31-60-41(56)36(51-43(58)52-37(42(57)62-46(5,6)7)24-25-39(54)61-45(2,3)4)19-15-16-26-48-40(55)38(27-33-17-13-12-14-18-33)53-30-35(29-50-53)28-49-44(59)63-47(8,9)10/h12-14,17-18,20-23,29-30,36-38H,11,15-16,19,24-28,31H2,1-10H3,(H,48,55)(H,49,59)(H2,51,52,58)/t36-,37-,38-/m0/s1. The molecule has 0 saturated carbocycles. The lowest BCUT2D eigenvalue weighted by molar-refractivity contribution is -0.158. The first kappa shape index (κ1) is 51.4. The zero-order valence-corrected chi connectivity index (χ0v) is 38.6. The first-order valence-corrected chi connectivity index (χ1v) is 21.6. The van der Waals surface area contributed by atoms with Crippen LogP contribution in [0.25, 0.3) is 0 Å². The van der Waals surface area contributed by atoms with Gasteiger partial charge in [0, 0.05) is 37.7 Å². The summed E-state index contributed by atoms with van der Waals surface area (Å²) in [6, 6.07) is 13.3. The molecular weight excluding hydrogens is 809 g/mol. The van der Waals surface area contributed by atoms with Crippen molar-refractivity contribution in [2.75, 3.05) is 6.54 Å². The molecule has 0 fully saturated rings. The molecule has 0 spiro atoms. The van der Waals surface area contributed by atoms with Gasteiger partial charge in [-0.2, -0.15) is 5.10 Å². The first-order valence-electron chi connectivity index (χ1n) is 21.6. The van der Waals surface area contributed by atoms with Crippen molar-refractivity contribution in [2.24, 2.45) is 0 Å². The maximum atomic E-state index is 13.7. The number of aryl methyl sites for hydroxylation is 1. The lowest BCUT2D eigenvalue weighted by atomic mass is 10.1. The molecule has 1 heterocycles. The smallest absolute Gasteiger partial charge is 0.407 e. The molecule has 0 saturated heterocycles. The van der Waals surface area contributed by atoms with Crippen LogP contribution in [-0.2, 0) is 64.1 Å². The van der Waals surface area contributed by atoms with Crippen LogP contribution < -0.4 is 21.3 Å². The van der Waals surface area contributed by atoms with Crippen LogP contribution in [0.2, 0.25) is 0 Å². The van der Waals surface area contributed by atoms with Crippen LogP contribution in [0.15, 0.2) is 67.0 Å². The molecular formula is C47H68N6O10. The van der Waals surface area contributed by atoms with E-state index < -0.39 is 65.0 Å². The molecule has 346 valence electrons. The van der Waals surface area contributed by atoms with Crippen molar-refractivity contribution < 1.29 is 47.7 Å². The molecule has 3 rings (SSSR count). The predicted octanol–water partition coefficient (Wildman–Crippen LogP) is 6.78. The summed E-state index contributed by atoms with van der Waals surface area (Å²) in [5, 5.41) is 15.4. The third-order valence-electron chi connectivity index (χ3n) is 9.06. The van der Waals surface area contributed by atoms with Crippen molar-refractivity contribution in [3.05, 3.63) is 89.2 Å². The van der Waals surface area contributed by atoms with E-state index in [1.54, 1.807) is 79.4 Å². The Hall–Kier alpha value is -5.93. The lowest BCUT2D eigenvalue weighted by Crippen LogP contribution is -2.52. The van der Waals surface area contributed by atoms with Gasteiger partial charge in [-0.1, -0.05) is 61.5 Å². The number of hydrogen-bond donors (Lipinski definition) is 4. The number of ether oxygens (including phenoxy) is 4. The second-order valence-electron chi connectivity index (χ2n) is 18.3. The number of rotatable bonds is 21. The van der Waals surface area contributed by atoms with Crippen molar-refractivity contribution in [3.63, 3.8) is 0 Å². The van der Waals surface area contributed by atoms with Crippen LogP contribution in [0.4, 0.5) is 9.59 Å². The summed E-state index contributed by atoms with van der Waals surface area (Å²) in [4.78, 5) is 78.7. The number of carbonyl (C=O) groups excluding carboxylic acids is 6. The number of benzene rings is 2. The molecule has 63 heavy (non-hydrogen) atoms. The molecule has 16 nitrogen and oxygen atoms in total. The Morgan fingerprint density at radius 2 is 1.27 bits per heavy atom. The summed E-state index contributed by atoms with van der Waals surface area (Å²) in [6.45, 7) is 18.0. The van der Waals surface area contributed by atoms with Crippen molar-refractivity contribution >= 4 is 35.9 Å². The molecule has 0 aliphatic rings. The Labute approximate surface area is 371 Å². The summed E-state index contributed by atoms with van der Waals surface area (Å²) in [6.07, 6.45) is 4.64. The monoisotopic (exact) mass is 876 g/mol. The van der Waals surface area contributed by atoms with E-state index in [4.69, 9.17) is 18.9 Å². The number of carbonyl (C=O) groups is 6. The van der Waals surface area contributed by atoms with Gasteiger partial charge < -0.3 is 40.2 Å². The molecule has 3 atom stereocenters. The lowest BCUT2D eigenvalue weighted by Gasteiger charge is -2.26. The molecule has 0 aliphatic carbocycles. The molecule has 2 aromatic carbocycles. The van der Waals surface area contributed by atoms with Crippen LogP contribution in [0.1, 0.15) is 130 Å². The van der Waals surface area contributed by atoms with Crippen LogP contribution in [0.3, 0.4) is 0 Å². The van der Waals surface area contributed by atoms with E-state index in [0.29, 0.717) is 24.8 Å². The van der Waals surface area contributed by atoms with Gasteiger partial charge in [-0.3, -0.25) is 14.3 Å². The summed E-state index contributed by atoms with van der Waals surface area (Å²) in [7, 11) is 0. The quantitative estimate of drug-likeness (QED) is 0.0499. The summed E-state index contributed by atoms with van der Waals surface area (Å²) in [5.41, 5.74) is 1.24. The summed E-state index contributed by atoms with van der Waals surface area (Å²) in [5.74, 6) is -2.27. The second-order valence-corrected chi connectivity index (χ2v) is 18.3. The number of urea groups is 1. The molecule has 16 heteroatoms. The van der Waals surface area contributed by atoms with Gasteiger partial charge in [0.05, 0.1) is 6.20 Å². The number of amides is 4. The predicted molar refractivity (Wildman–Crippen MR) is 237 cm³/mol. The Morgan fingerprint density at radius 1 is 0.667 bits per heavy atom. The SMILES string of the molecule is CCc1ccc(COC(=O)[C@H](CCCCNC(=O)[C@H](Cc2ccccc2)n2cc(CNC(=O)OC(C)(C)C)cn2)NC(=O)N[C@@H](CCC(=O)OC(C)(C)C)C(=O)OC(C)(C)C)cc1. The Bertz CT molecular complexity index is 1950. The van der Waals surface area contributed by atoms with Gasteiger partial charge in [0.1, 0.15) is 41.5 Å². The van der Waals surface area contributed by atoms with E-state index in [9.17, 15) is 28.8 Å². The van der Waals surface area contributed by atoms with Crippen molar-refractivity contribution in [1.82, 2.24) is 31.0 Å². The molecule has 0 bridgehead atoms. The third-order valence-corrected chi connectivity index (χ3v) is 9.06. The van der Waals surface area contributed by atoms with E-state index in [2.05, 4.69) is 26.4 Å². The number of unbranched alkanes of at least 4 members (excludes halogenated alkanes) is 1. The van der Waals surface area contributed by atoms with E-state index in [1.165, 1.54) is 0 Å². The zero-order valence-electron chi connectivity index (χ0n) is 38.6. The third kappa shape index (κ3) is 20.7. The summed E-state index contributed by atoms with van der Waals surface area (Å²) >= 11 is 0. The fraction of sp³-hybridized carbons (Fsp3) is 0.553. The van der Waals surface area contributed by atoms with Gasteiger partial charge in [0.15, 0.2) is 0 Å². The fourth-order valence-corrected chi connectivity index (χ4v) is 6.08. The highest BCUT2D eigenvalue weighted by molar-refractivity contribution is 5.87. The Morgan fingerprint density at radius 3 is 1.87 bits per heavy atom. The molecule has 4 amide bonds. The molecule has 1 aromatic heterocycles. The van der Waals surface area contributed by atoms with Crippen molar-refractivity contribution in [3.8, 4) is 0 Å². The highest BCUT2D eigenvalue weighted by atomic mass is 16.6. The highest BCUT2D eigenvalue weighted by Gasteiger charge is 2.31. The molecule has 4 N–H and O–H groups in total. The van der Waals surface area contributed by atoms with Crippen molar-refractivity contribution in [1.29, 1.82) is 0 Å². The fourth-order valence-electron chi connectivity index (χ4n) is 6.08. The van der Waals surface area contributed by atoms with E-state index in [-0.39, 0.29) is 44.9 Å². The average Bonchev–Trinajstić information content (AvgIpc) is 3.66. The summed E-state index contributed by atoms with van der Waals surface area (Å²) < 4.78 is 23.5. The van der Waals surface area contributed by atoms with Gasteiger partial charge >= 0.3 is 30.0 Å². The zero-order chi connectivity index (χ0) is 46.8. The van der Waals surface area contributed by atoms with E-state index in [1.807, 2.05) is 61.5 Å². The molecule has 0 radical (unpaired) electrons. The van der Waals surface area contributed by atoms with Crippen LogP contribution in [0, 0.1) is 0 Å². The van der Waals surface area contributed by atoms with E-state index in [0.717, 1.165) is 23.1 Å². The highest BCUT2D eigenvalue weighted by Crippen LogP contribution is 2.18. The van der Waals surface area contributed by atoms with Gasteiger partial charge in [-0.15, -0.1) is 0 Å². The maximum Gasteiger partial charge on any atom is 0.407 e. The van der Waals surface area contributed by atoms with Crippen LogP contribution in [-0.4, -0.2) is 81.2 Å². The topological polar surface area (TPSA) is 205 Å². The normalized spacial score (nSPS) is 13.1. The molecule has 0 aliphatic heterocycles. The number of alkyl carbamates (subject to hydrolysis) is 1. The minimum Gasteiger partial charge on any atom is -0.460 e. The number of nitrogens with zero attached hydrogens (tertiary/aromatic N) is 2. The van der Waals surface area contributed by atoms with Gasteiger partial charge in [-0.05, 0) is 111 Å². The minimum atomic E-state index is -1.23. The Balaban J connectivity index is 1.69. The number of aromatic nitrogens is 2. The van der Waals surface area contributed by atoms with Gasteiger partial charge in [0.2, 0.25) is 5.91 Å². The molecule has 3 aromatic rings. The average molecular weight is 877 g/mol. The van der Waals surface area contributed by atoms with Gasteiger partial charge in [0.25, 0.3) is 0 Å². The largest absolute Gasteiger partial charge is 0.460 e. The van der Waals surface area contributed by atoms with Crippen molar-refractivity contribution in [2.45, 2.75) is 162 Å². The maximum absolute atomic E-state index is 13.7. The minimum absolute atomic E-state index is 0.0237. The molecule has 0 unspecified atom stereocenters.